The average molecular weight is 164 g/mol. The first-order valence-corrected chi connectivity index (χ1v) is 4.35. The van der Waals surface area contributed by atoms with Crippen LogP contribution in [0.1, 0.15) is 34.1 Å². The predicted molar refractivity (Wildman–Crippen MR) is 50.9 cm³/mol. The van der Waals surface area contributed by atoms with E-state index in [4.69, 9.17) is 0 Å². The fourth-order valence-corrected chi connectivity index (χ4v) is 1.83. The quantitative estimate of drug-likeness (QED) is 0.503. The molecule has 0 aromatic carbocycles. The summed E-state index contributed by atoms with van der Waals surface area (Å²) >= 11 is 0. The molecule has 0 saturated carbocycles. The highest BCUT2D eigenvalue weighted by Gasteiger charge is 2.27. The molecule has 0 aromatic rings. The van der Waals surface area contributed by atoms with E-state index in [0.717, 1.165) is 11.1 Å². The van der Waals surface area contributed by atoms with Crippen LogP contribution in [0.15, 0.2) is 23.3 Å². The Balaban J connectivity index is 3.10. The van der Waals surface area contributed by atoms with Crippen LogP contribution in [0.5, 0.6) is 0 Å². The Bertz CT molecular complexity index is 267. The minimum absolute atomic E-state index is 0.0493. The number of ketones is 1. The number of hydrogen-bond acceptors (Lipinski definition) is 1. The third-order valence-electron chi connectivity index (χ3n) is 2.24. The van der Waals surface area contributed by atoms with Gasteiger partial charge in [0.25, 0.3) is 0 Å². The standard InChI is InChI=1S/C11H16O/c1-5-9-8(2)6-11(3,4)7-10(9)12/h5-6H,7H2,1-4H3/b9-5+. The van der Waals surface area contributed by atoms with Gasteiger partial charge in [-0.3, -0.25) is 4.79 Å². The van der Waals surface area contributed by atoms with E-state index in [-0.39, 0.29) is 11.2 Å². The average Bonchev–Trinajstić information content (AvgIpc) is 1.82. The SMILES string of the molecule is C/C=C1/C(=O)CC(C)(C)C=C1C. The molecule has 0 unspecified atom stereocenters. The molecule has 0 saturated heterocycles. The van der Waals surface area contributed by atoms with E-state index < -0.39 is 0 Å². The smallest absolute Gasteiger partial charge is 0.163 e. The zero-order valence-corrected chi connectivity index (χ0v) is 8.27. The molecule has 1 aliphatic carbocycles. The fraction of sp³-hybridized carbons (Fsp3) is 0.545. The van der Waals surface area contributed by atoms with Crippen molar-refractivity contribution in [2.75, 3.05) is 0 Å². The summed E-state index contributed by atoms with van der Waals surface area (Å²) in [5.74, 6) is 0.280. The largest absolute Gasteiger partial charge is 0.294 e. The molecule has 0 aromatic heterocycles. The Kier molecular flexibility index (Phi) is 2.22. The maximum Gasteiger partial charge on any atom is 0.163 e. The van der Waals surface area contributed by atoms with Gasteiger partial charge in [-0.15, -0.1) is 0 Å². The molecule has 0 fully saturated rings. The van der Waals surface area contributed by atoms with Gasteiger partial charge in [-0.05, 0) is 24.8 Å². The lowest BCUT2D eigenvalue weighted by Crippen LogP contribution is -2.22. The molecule has 12 heavy (non-hydrogen) atoms. The van der Waals surface area contributed by atoms with Crippen LogP contribution in [0.2, 0.25) is 0 Å². The molecule has 0 amide bonds. The number of Topliss-reactive ketones (excluding diaryl/α,β-unsaturated/α-hetero) is 1. The monoisotopic (exact) mass is 164 g/mol. The summed E-state index contributed by atoms with van der Waals surface area (Å²) in [4.78, 5) is 11.5. The molecule has 0 aliphatic heterocycles. The van der Waals surface area contributed by atoms with Crippen LogP contribution in [-0.4, -0.2) is 5.78 Å². The lowest BCUT2D eigenvalue weighted by molar-refractivity contribution is -0.117. The van der Waals surface area contributed by atoms with E-state index >= 15 is 0 Å². The third kappa shape index (κ3) is 1.66. The van der Waals surface area contributed by atoms with Crippen LogP contribution in [0.25, 0.3) is 0 Å². The van der Waals surface area contributed by atoms with Crippen LogP contribution in [0.4, 0.5) is 0 Å². The lowest BCUT2D eigenvalue weighted by Gasteiger charge is -2.26. The number of rotatable bonds is 0. The normalized spacial score (nSPS) is 25.8. The Labute approximate surface area is 74.2 Å². The van der Waals surface area contributed by atoms with Crippen molar-refractivity contribution in [1.82, 2.24) is 0 Å². The van der Waals surface area contributed by atoms with Gasteiger partial charge in [-0.25, -0.2) is 0 Å². The van der Waals surface area contributed by atoms with Crippen molar-refractivity contribution in [3.63, 3.8) is 0 Å². The minimum atomic E-state index is 0.0493. The van der Waals surface area contributed by atoms with Crippen molar-refractivity contribution in [1.29, 1.82) is 0 Å². The van der Waals surface area contributed by atoms with E-state index in [0.29, 0.717) is 6.42 Å². The van der Waals surface area contributed by atoms with Crippen LogP contribution in [0.3, 0.4) is 0 Å². The summed E-state index contributed by atoms with van der Waals surface area (Å²) in [6.07, 6.45) is 4.73. The van der Waals surface area contributed by atoms with E-state index in [1.54, 1.807) is 0 Å². The first-order chi connectivity index (χ1) is 5.46. The highest BCUT2D eigenvalue weighted by molar-refractivity contribution is 6.01. The van der Waals surface area contributed by atoms with Crippen molar-refractivity contribution in [3.05, 3.63) is 23.3 Å². The van der Waals surface area contributed by atoms with Gasteiger partial charge in [0.05, 0.1) is 0 Å². The van der Waals surface area contributed by atoms with Crippen molar-refractivity contribution < 1.29 is 4.79 Å². The fourth-order valence-electron chi connectivity index (χ4n) is 1.83. The molecule has 66 valence electrons. The molecule has 0 N–H and O–H groups in total. The van der Waals surface area contributed by atoms with Crippen LogP contribution in [-0.2, 0) is 4.79 Å². The summed E-state index contributed by atoms with van der Waals surface area (Å²) in [6.45, 7) is 8.12. The highest BCUT2D eigenvalue weighted by atomic mass is 16.1. The number of carbonyl (C=O) groups excluding carboxylic acids is 1. The van der Waals surface area contributed by atoms with Crippen LogP contribution >= 0.6 is 0 Å². The third-order valence-corrected chi connectivity index (χ3v) is 2.24. The zero-order valence-electron chi connectivity index (χ0n) is 8.27. The van der Waals surface area contributed by atoms with Gasteiger partial charge in [0, 0.05) is 12.0 Å². The van der Waals surface area contributed by atoms with Crippen molar-refractivity contribution in [2.45, 2.75) is 34.1 Å². The molecule has 1 rings (SSSR count). The van der Waals surface area contributed by atoms with Crippen molar-refractivity contribution >= 4 is 5.78 Å². The van der Waals surface area contributed by atoms with Gasteiger partial charge >= 0.3 is 0 Å². The van der Waals surface area contributed by atoms with Gasteiger partial charge in [0.15, 0.2) is 5.78 Å². The second-order valence-electron chi connectivity index (χ2n) is 4.12. The number of allylic oxidation sites excluding steroid dienone is 4. The van der Waals surface area contributed by atoms with Gasteiger partial charge < -0.3 is 0 Å². The van der Waals surface area contributed by atoms with E-state index in [1.807, 2.05) is 19.9 Å². The maximum absolute atomic E-state index is 11.5. The topological polar surface area (TPSA) is 17.1 Å². The first-order valence-electron chi connectivity index (χ1n) is 4.35. The minimum Gasteiger partial charge on any atom is -0.294 e. The Hall–Kier alpha value is -0.850. The molecule has 1 aliphatic rings. The molecule has 0 spiro atoms. The van der Waals surface area contributed by atoms with Gasteiger partial charge in [-0.1, -0.05) is 26.0 Å². The maximum atomic E-state index is 11.5. The van der Waals surface area contributed by atoms with Gasteiger partial charge in [-0.2, -0.15) is 0 Å². The Morgan fingerprint density at radius 3 is 2.50 bits per heavy atom. The lowest BCUT2D eigenvalue weighted by atomic mass is 9.77. The second kappa shape index (κ2) is 2.89. The van der Waals surface area contributed by atoms with Gasteiger partial charge in [0.1, 0.15) is 0 Å². The zero-order chi connectivity index (χ0) is 9.35. The summed E-state index contributed by atoms with van der Waals surface area (Å²) in [7, 11) is 0. The number of hydrogen-bond donors (Lipinski definition) is 0. The molecule has 0 bridgehead atoms. The van der Waals surface area contributed by atoms with Crippen molar-refractivity contribution in [3.8, 4) is 0 Å². The summed E-state index contributed by atoms with van der Waals surface area (Å²) in [6, 6.07) is 0. The van der Waals surface area contributed by atoms with E-state index in [9.17, 15) is 4.79 Å². The second-order valence-corrected chi connectivity index (χ2v) is 4.12. The molecular formula is C11H16O. The molecule has 1 heteroatoms. The summed E-state index contributed by atoms with van der Waals surface area (Å²) < 4.78 is 0. The molecule has 0 radical (unpaired) electrons. The van der Waals surface area contributed by atoms with E-state index in [2.05, 4.69) is 19.9 Å². The van der Waals surface area contributed by atoms with Crippen LogP contribution < -0.4 is 0 Å². The summed E-state index contributed by atoms with van der Waals surface area (Å²) in [5.41, 5.74) is 2.07. The first kappa shape index (κ1) is 9.24. The molecule has 0 heterocycles. The Morgan fingerprint density at radius 2 is 2.08 bits per heavy atom. The number of carbonyl (C=O) groups is 1. The van der Waals surface area contributed by atoms with Crippen LogP contribution in [0, 0.1) is 5.41 Å². The highest BCUT2D eigenvalue weighted by Crippen LogP contribution is 2.33. The molecule has 0 atom stereocenters. The van der Waals surface area contributed by atoms with Gasteiger partial charge in [0.2, 0.25) is 0 Å². The predicted octanol–water partition coefficient (Wildman–Crippen LogP) is 2.88. The summed E-state index contributed by atoms with van der Waals surface area (Å²) in [5, 5.41) is 0. The van der Waals surface area contributed by atoms with Crippen molar-refractivity contribution in [2.24, 2.45) is 5.41 Å². The molecule has 1 nitrogen and oxygen atoms in total. The molecular weight excluding hydrogens is 148 g/mol. The van der Waals surface area contributed by atoms with E-state index in [1.165, 1.54) is 0 Å². The Morgan fingerprint density at radius 1 is 1.50 bits per heavy atom.